The molecule has 7 nitrogen and oxygen atoms in total. The molecule has 0 aliphatic rings. The number of thiazole rings is 1. The van der Waals surface area contributed by atoms with E-state index in [4.69, 9.17) is 42.1 Å². The number of benzene rings is 3. The van der Waals surface area contributed by atoms with Crippen molar-refractivity contribution < 1.29 is 18.7 Å². The van der Waals surface area contributed by atoms with E-state index in [9.17, 15) is 4.79 Å². The summed E-state index contributed by atoms with van der Waals surface area (Å²) in [4.78, 5) is 23.9. The first-order valence-electron chi connectivity index (χ1n) is 12.0. The molecule has 39 heavy (non-hydrogen) atoms. The van der Waals surface area contributed by atoms with Crippen molar-refractivity contribution in [1.82, 2.24) is 4.98 Å². The topological polar surface area (TPSA) is 86.0 Å². The lowest BCUT2D eigenvalue weighted by Gasteiger charge is -2.07. The molecular weight excluding hydrogens is 557 g/mol. The fraction of sp³-hybridized carbons (Fsp3) is 0.138. The van der Waals surface area contributed by atoms with Gasteiger partial charge in [-0.3, -0.25) is 10.1 Å². The van der Waals surface area contributed by atoms with Crippen LogP contribution in [0.3, 0.4) is 0 Å². The maximum atomic E-state index is 13.6. The largest absolute Gasteiger partial charge is 0.497 e. The second-order valence-corrected chi connectivity index (χ2v) is 10.3. The van der Waals surface area contributed by atoms with Gasteiger partial charge in [0.15, 0.2) is 5.13 Å². The highest BCUT2D eigenvalue weighted by Crippen LogP contribution is 2.36. The number of hydrogen-bond donors (Lipinski definition) is 1. The molecule has 5 aromatic rings. The van der Waals surface area contributed by atoms with Crippen molar-refractivity contribution in [3.63, 3.8) is 0 Å². The SMILES string of the molecule is CCc1sc(NC(=O)c2cc3cc(OC)ccc3oc2=Nc2cccc(OC)c2)nc1-c1ccc(Cl)cc1Cl. The number of methoxy groups -OCH3 is 2. The molecule has 1 N–H and O–H groups in total. The van der Waals surface area contributed by atoms with E-state index in [1.165, 1.54) is 11.3 Å². The van der Waals surface area contributed by atoms with Crippen molar-refractivity contribution in [2.75, 3.05) is 19.5 Å². The van der Waals surface area contributed by atoms with Gasteiger partial charge in [0.05, 0.1) is 30.6 Å². The highest BCUT2D eigenvalue weighted by Gasteiger charge is 2.19. The monoisotopic (exact) mass is 579 g/mol. The van der Waals surface area contributed by atoms with Crippen molar-refractivity contribution in [1.29, 1.82) is 0 Å². The number of carbonyl (C=O) groups excluding carboxylic acids is 1. The highest BCUT2D eigenvalue weighted by atomic mass is 35.5. The normalized spacial score (nSPS) is 11.6. The van der Waals surface area contributed by atoms with Gasteiger partial charge in [-0.15, -0.1) is 11.3 Å². The molecule has 10 heteroatoms. The maximum Gasteiger partial charge on any atom is 0.262 e. The number of rotatable bonds is 7. The zero-order chi connectivity index (χ0) is 27.5. The molecule has 0 bridgehead atoms. The van der Waals surface area contributed by atoms with Crippen LogP contribution in [-0.2, 0) is 6.42 Å². The lowest BCUT2D eigenvalue weighted by atomic mass is 10.1. The van der Waals surface area contributed by atoms with E-state index in [2.05, 4.69) is 10.3 Å². The highest BCUT2D eigenvalue weighted by molar-refractivity contribution is 7.16. The van der Waals surface area contributed by atoms with Crippen LogP contribution in [0.1, 0.15) is 22.2 Å². The van der Waals surface area contributed by atoms with Gasteiger partial charge in [0.25, 0.3) is 5.91 Å². The summed E-state index contributed by atoms with van der Waals surface area (Å²) in [5, 5.41) is 5.06. The van der Waals surface area contributed by atoms with E-state index >= 15 is 0 Å². The second-order valence-electron chi connectivity index (χ2n) is 8.40. The fourth-order valence-electron chi connectivity index (χ4n) is 3.98. The molecule has 0 saturated heterocycles. The third-order valence-electron chi connectivity index (χ3n) is 5.91. The number of carbonyl (C=O) groups is 1. The Hall–Kier alpha value is -3.85. The van der Waals surface area contributed by atoms with Crippen LogP contribution in [0.25, 0.3) is 22.2 Å². The Morgan fingerprint density at radius 2 is 1.82 bits per heavy atom. The summed E-state index contributed by atoms with van der Waals surface area (Å²) in [6, 6.07) is 19.5. The number of fused-ring (bicyclic) bond motifs is 1. The van der Waals surface area contributed by atoms with Gasteiger partial charge in [-0.25, -0.2) is 9.98 Å². The minimum atomic E-state index is -0.421. The predicted molar refractivity (Wildman–Crippen MR) is 156 cm³/mol. The first-order chi connectivity index (χ1) is 18.9. The van der Waals surface area contributed by atoms with Crippen LogP contribution in [-0.4, -0.2) is 25.1 Å². The van der Waals surface area contributed by atoms with E-state index in [1.807, 2.05) is 25.1 Å². The standard InChI is InChI=1S/C29H23Cl2N3O4S/c1-4-25-26(21-10-8-17(30)14-23(21)31)33-29(39-25)34-27(35)22-13-16-12-20(37-3)9-11-24(16)38-28(22)32-18-6-5-7-19(15-18)36-2/h5-15H,4H2,1-3H3,(H,33,34,35). The number of nitrogens with zero attached hydrogens (tertiary/aromatic N) is 2. The number of hydrogen-bond acceptors (Lipinski definition) is 7. The number of ether oxygens (including phenoxy) is 2. The smallest absolute Gasteiger partial charge is 0.262 e. The molecule has 0 fully saturated rings. The van der Waals surface area contributed by atoms with Crippen LogP contribution in [0.2, 0.25) is 10.0 Å². The number of aromatic nitrogens is 1. The van der Waals surface area contributed by atoms with Gasteiger partial charge in [-0.05, 0) is 61.0 Å². The van der Waals surface area contributed by atoms with Gasteiger partial charge in [0, 0.05) is 26.9 Å². The minimum Gasteiger partial charge on any atom is -0.497 e. The van der Waals surface area contributed by atoms with Crippen LogP contribution in [0.4, 0.5) is 10.8 Å². The van der Waals surface area contributed by atoms with Crippen LogP contribution in [0.15, 0.2) is 76.1 Å². The van der Waals surface area contributed by atoms with Crippen LogP contribution in [0, 0.1) is 0 Å². The Morgan fingerprint density at radius 3 is 2.56 bits per heavy atom. The van der Waals surface area contributed by atoms with Crippen LogP contribution in [0.5, 0.6) is 11.5 Å². The second kappa shape index (κ2) is 11.5. The van der Waals surface area contributed by atoms with Crippen LogP contribution >= 0.6 is 34.5 Å². The third kappa shape index (κ3) is 5.78. The van der Waals surface area contributed by atoms with E-state index in [1.54, 1.807) is 62.8 Å². The summed E-state index contributed by atoms with van der Waals surface area (Å²) >= 11 is 13.9. The van der Waals surface area contributed by atoms with Gasteiger partial charge in [0.2, 0.25) is 5.55 Å². The summed E-state index contributed by atoms with van der Waals surface area (Å²) in [6.07, 6.45) is 0.712. The molecule has 0 radical (unpaired) electrons. The van der Waals surface area contributed by atoms with Gasteiger partial charge >= 0.3 is 0 Å². The molecule has 0 saturated carbocycles. The minimum absolute atomic E-state index is 0.145. The van der Waals surface area contributed by atoms with Crippen LogP contribution < -0.4 is 20.3 Å². The predicted octanol–water partition coefficient (Wildman–Crippen LogP) is 7.93. The molecule has 2 heterocycles. The zero-order valence-electron chi connectivity index (χ0n) is 21.2. The molecule has 0 unspecified atom stereocenters. The molecule has 3 aromatic carbocycles. The van der Waals surface area contributed by atoms with E-state index in [0.29, 0.717) is 55.4 Å². The molecule has 0 aliphatic heterocycles. The Kier molecular flexibility index (Phi) is 7.88. The molecule has 1 amide bonds. The number of amides is 1. The van der Waals surface area contributed by atoms with Crippen molar-refractivity contribution in [2.45, 2.75) is 13.3 Å². The van der Waals surface area contributed by atoms with E-state index < -0.39 is 5.91 Å². The first-order valence-corrected chi connectivity index (χ1v) is 13.5. The molecule has 0 atom stereocenters. The van der Waals surface area contributed by atoms with E-state index in [0.717, 1.165) is 10.4 Å². The Balaban J connectivity index is 1.58. The molecular formula is C29H23Cl2N3O4S. The van der Waals surface area contributed by atoms with Gasteiger partial charge in [-0.2, -0.15) is 0 Å². The molecule has 2 aromatic heterocycles. The summed E-state index contributed by atoms with van der Waals surface area (Å²) in [7, 11) is 3.16. The van der Waals surface area contributed by atoms with Crippen molar-refractivity contribution >= 4 is 62.2 Å². The summed E-state index contributed by atoms with van der Waals surface area (Å²) < 4.78 is 16.8. The lowest BCUT2D eigenvalue weighted by Crippen LogP contribution is -2.21. The fourth-order valence-corrected chi connectivity index (χ4v) is 5.39. The zero-order valence-corrected chi connectivity index (χ0v) is 23.6. The Labute approximate surface area is 238 Å². The average molecular weight is 580 g/mol. The first kappa shape index (κ1) is 26.7. The molecule has 198 valence electrons. The van der Waals surface area contributed by atoms with Crippen molar-refractivity contribution in [2.24, 2.45) is 4.99 Å². The average Bonchev–Trinajstić information content (AvgIpc) is 3.34. The van der Waals surface area contributed by atoms with Crippen molar-refractivity contribution in [3.8, 4) is 22.8 Å². The molecule has 0 spiro atoms. The Morgan fingerprint density at radius 1 is 1.03 bits per heavy atom. The third-order valence-corrected chi connectivity index (χ3v) is 7.57. The number of nitrogens with one attached hydrogen (secondary N) is 1. The summed E-state index contributed by atoms with van der Waals surface area (Å²) in [5.41, 5.74) is 2.95. The van der Waals surface area contributed by atoms with Gasteiger partial charge < -0.3 is 13.9 Å². The molecule has 5 rings (SSSR count). The van der Waals surface area contributed by atoms with Gasteiger partial charge in [0.1, 0.15) is 22.6 Å². The maximum absolute atomic E-state index is 13.6. The lowest BCUT2D eigenvalue weighted by molar-refractivity contribution is 0.102. The van der Waals surface area contributed by atoms with Gasteiger partial charge in [-0.1, -0.05) is 36.2 Å². The van der Waals surface area contributed by atoms with Crippen molar-refractivity contribution in [3.05, 3.63) is 92.8 Å². The number of halogens is 2. The summed E-state index contributed by atoms with van der Waals surface area (Å²) in [6.45, 7) is 2.02. The van der Waals surface area contributed by atoms with E-state index in [-0.39, 0.29) is 11.1 Å². The molecule has 0 aliphatic carbocycles. The Bertz CT molecular complexity index is 1760. The quantitative estimate of drug-likeness (QED) is 0.211. The number of anilines is 1. The summed E-state index contributed by atoms with van der Waals surface area (Å²) in [5.74, 6) is 0.852. The number of aryl methyl sites for hydroxylation is 1.